The van der Waals surface area contributed by atoms with Gasteiger partial charge in [-0.05, 0) is 31.4 Å². The van der Waals surface area contributed by atoms with Gasteiger partial charge in [-0.25, -0.2) is 4.98 Å². The molecule has 4 rings (SSSR count). The third kappa shape index (κ3) is 4.35. The van der Waals surface area contributed by atoms with Gasteiger partial charge >= 0.3 is 0 Å². The molecule has 1 aliphatic heterocycles. The number of aromatic nitrogens is 4. The molecule has 1 unspecified atom stereocenters. The summed E-state index contributed by atoms with van der Waals surface area (Å²) in [5.41, 5.74) is 2.09. The Kier molecular flexibility index (Phi) is 6.08. The fraction of sp³-hybridized carbons (Fsp3) is 0.476. The number of benzene rings is 1. The minimum atomic E-state index is -0.203. The molecule has 8 nitrogen and oxygen atoms in total. The van der Waals surface area contributed by atoms with E-state index in [9.17, 15) is 9.59 Å². The maximum Gasteiger partial charge on any atom is 0.226 e. The van der Waals surface area contributed by atoms with Gasteiger partial charge < -0.3 is 14.8 Å². The van der Waals surface area contributed by atoms with E-state index in [2.05, 4.69) is 26.1 Å². The zero-order valence-corrected chi connectivity index (χ0v) is 18.1. The lowest BCUT2D eigenvalue weighted by molar-refractivity contribution is -0.134. The number of piperidine rings is 1. The second-order valence-corrected chi connectivity index (χ2v) is 8.66. The van der Waals surface area contributed by atoms with Crippen molar-refractivity contribution in [2.24, 2.45) is 7.05 Å². The molecule has 1 aromatic carbocycles. The van der Waals surface area contributed by atoms with Gasteiger partial charge in [-0.15, -0.1) is 10.2 Å². The standard InChI is InChI=1S/C21H26N6O2S/c1-3-18-24-25-21(30-18)23-17(28)10-11-19(29)27-12-6-7-14(13-27)20-22-15-8-4-5-9-16(15)26(20)2/h4-5,8-9,14H,3,6-7,10-13H2,1-2H3,(H,23,25,28). The van der Waals surface area contributed by atoms with Crippen LogP contribution in [0.15, 0.2) is 24.3 Å². The van der Waals surface area contributed by atoms with Crippen LogP contribution in [0.4, 0.5) is 5.13 Å². The summed E-state index contributed by atoms with van der Waals surface area (Å²) in [5.74, 6) is 1.04. The van der Waals surface area contributed by atoms with Crippen molar-refractivity contribution in [3.05, 3.63) is 35.1 Å². The van der Waals surface area contributed by atoms with Crippen LogP contribution in [0.1, 0.15) is 49.4 Å². The summed E-state index contributed by atoms with van der Waals surface area (Å²) in [7, 11) is 2.03. The van der Waals surface area contributed by atoms with Crippen molar-refractivity contribution in [2.75, 3.05) is 18.4 Å². The van der Waals surface area contributed by atoms with Gasteiger partial charge in [0, 0.05) is 38.9 Å². The summed E-state index contributed by atoms with van der Waals surface area (Å²) in [4.78, 5) is 31.6. The van der Waals surface area contributed by atoms with Crippen LogP contribution in [0.25, 0.3) is 11.0 Å². The second kappa shape index (κ2) is 8.91. The molecule has 0 saturated carbocycles. The SMILES string of the molecule is CCc1nnc(NC(=O)CCC(=O)N2CCCC(c3nc4ccccc4n3C)C2)s1. The summed E-state index contributed by atoms with van der Waals surface area (Å²) >= 11 is 1.37. The Morgan fingerprint density at radius 3 is 2.83 bits per heavy atom. The van der Waals surface area contributed by atoms with E-state index in [0.29, 0.717) is 11.7 Å². The highest BCUT2D eigenvalue weighted by Gasteiger charge is 2.28. The fourth-order valence-corrected chi connectivity index (χ4v) is 4.65. The van der Waals surface area contributed by atoms with Crippen molar-refractivity contribution in [3.8, 4) is 0 Å². The molecule has 1 aliphatic rings. The monoisotopic (exact) mass is 426 g/mol. The molecule has 1 N–H and O–H groups in total. The highest BCUT2D eigenvalue weighted by Crippen LogP contribution is 2.29. The van der Waals surface area contributed by atoms with Crippen LogP contribution in [0.2, 0.25) is 0 Å². The molecule has 2 aromatic heterocycles. The summed E-state index contributed by atoms with van der Waals surface area (Å²) in [6, 6.07) is 8.09. The van der Waals surface area contributed by atoms with Gasteiger partial charge in [0.05, 0.1) is 11.0 Å². The highest BCUT2D eigenvalue weighted by atomic mass is 32.1. The van der Waals surface area contributed by atoms with Crippen LogP contribution < -0.4 is 5.32 Å². The number of hydrogen-bond donors (Lipinski definition) is 1. The minimum Gasteiger partial charge on any atom is -0.342 e. The van der Waals surface area contributed by atoms with Gasteiger partial charge in [0.1, 0.15) is 10.8 Å². The molecule has 158 valence electrons. The number of aryl methyl sites for hydroxylation is 2. The average molecular weight is 427 g/mol. The van der Waals surface area contributed by atoms with E-state index in [1.807, 2.05) is 37.1 Å². The largest absolute Gasteiger partial charge is 0.342 e. The lowest BCUT2D eigenvalue weighted by Crippen LogP contribution is -2.40. The molecule has 1 atom stereocenters. The minimum absolute atomic E-state index is 0.0140. The van der Waals surface area contributed by atoms with Crippen LogP contribution in [-0.4, -0.2) is 49.6 Å². The van der Waals surface area contributed by atoms with E-state index >= 15 is 0 Å². The topological polar surface area (TPSA) is 93.0 Å². The third-order valence-corrected chi connectivity index (χ3v) is 6.53. The highest BCUT2D eigenvalue weighted by molar-refractivity contribution is 7.15. The second-order valence-electron chi connectivity index (χ2n) is 7.60. The van der Waals surface area contributed by atoms with Crippen LogP contribution in [0, 0.1) is 0 Å². The van der Waals surface area contributed by atoms with Crippen LogP contribution >= 0.6 is 11.3 Å². The number of likely N-dealkylation sites (tertiary alicyclic amines) is 1. The Morgan fingerprint density at radius 1 is 1.23 bits per heavy atom. The first-order valence-corrected chi connectivity index (χ1v) is 11.2. The lowest BCUT2D eigenvalue weighted by Gasteiger charge is -2.32. The molecule has 3 heterocycles. The van der Waals surface area contributed by atoms with Crippen LogP contribution in [0.5, 0.6) is 0 Å². The quantitative estimate of drug-likeness (QED) is 0.654. The van der Waals surface area contributed by atoms with Crippen LogP contribution in [-0.2, 0) is 23.1 Å². The van der Waals surface area contributed by atoms with Crippen molar-refractivity contribution >= 4 is 39.3 Å². The van der Waals surface area contributed by atoms with Crippen molar-refractivity contribution in [1.82, 2.24) is 24.6 Å². The fourth-order valence-electron chi connectivity index (χ4n) is 3.95. The molecular weight excluding hydrogens is 400 g/mol. The van der Waals surface area contributed by atoms with Gasteiger partial charge in [-0.3, -0.25) is 9.59 Å². The number of amides is 2. The predicted octanol–water partition coefficient (Wildman–Crippen LogP) is 3.11. The van der Waals surface area contributed by atoms with Crippen molar-refractivity contribution in [3.63, 3.8) is 0 Å². The zero-order chi connectivity index (χ0) is 21.1. The van der Waals surface area contributed by atoms with E-state index in [4.69, 9.17) is 4.98 Å². The van der Waals surface area contributed by atoms with Crippen LogP contribution in [0.3, 0.4) is 0 Å². The Hall–Kier alpha value is -2.81. The number of hydrogen-bond acceptors (Lipinski definition) is 6. The summed E-state index contributed by atoms with van der Waals surface area (Å²) in [6.45, 7) is 3.37. The number of rotatable bonds is 6. The Labute approximate surface area is 179 Å². The van der Waals surface area contributed by atoms with E-state index in [-0.39, 0.29) is 30.6 Å². The molecule has 0 radical (unpaired) electrons. The third-order valence-electron chi connectivity index (χ3n) is 5.54. The number of imidazole rings is 1. The normalized spacial score (nSPS) is 16.7. The number of anilines is 1. The van der Waals surface area contributed by atoms with E-state index in [1.54, 1.807) is 0 Å². The molecule has 0 spiro atoms. The van der Waals surface area contributed by atoms with E-state index < -0.39 is 0 Å². The number of para-hydroxylation sites is 2. The average Bonchev–Trinajstić information content (AvgIpc) is 3.36. The number of carbonyl (C=O) groups excluding carboxylic acids is 2. The van der Waals surface area contributed by atoms with Gasteiger partial charge in [-0.2, -0.15) is 0 Å². The Morgan fingerprint density at radius 2 is 2.07 bits per heavy atom. The smallest absolute Gasteiger partial charge is 0.226 e. The number of nitrogens with one attached hydrogen (secondary N) is 1. The summed E-state index contributed by atoms with van der Waals surface area (Å²) in [5, 5.41) is 12.0. The number of nitrogens with zero attached hydrogens (tertiary/aromatic N) is 5. The number of fused-ring (bicyclic) bond motifs is 1. The maximum atomic E-state index is 12.7. The molecule has 1 fully saturated rings. The Balaban J connectivity index is 1.34. The zero-order valence-electron chi connectivity index (χ0n) is 17.3. The van der Waals surface area contributed by atoms with E-state index in [1.165, 1.54) is 11.3 Å². The molecule has 30 heavy (non-hydrogen) atoms. The Bertz CT molecular complexity index is 1060. The lowest BCUT2D eigenvalue weighted by atomic mass is 9.96. The first-order chi connectivity index (χ1) is 14.5. The molecule has 9 heteroatoms. The molecular formula is C21H26N6O2S. The maximum absolute atomic E-state index is 12.7. The van der Waals surface area contributed by atoms with Gasteiger partial charge in [0.25, 0.3) is 0 Å². The molecule has 0 bridgehead atoms. The summed E-state index contributed by atoms with van der Waals surface area (Å²) < 4.78 is 2.13. The molecule has 0 aliphatic carbocycles. The van der Waals surface area contributed by atoms with Gasteiger partial charge in [0.2, 0.25) is 16.9 Å². The number of carbonyl (C=O) groups is 2. The van der Waals surface area contributed by atoms with Crippen molar-refractivity contribution in [2.45, 2.75) is 44.9 Å². The van der Waals surface area contributed by atoms with Crippen molar-refractivity contribution in [1.29, 1.82) is 0 Å². The van der Waals surface area contributed by atoms with Crippen molar-refractivity contribution < 1.29 is 9.59 Å². The summed E-state index contributed by atoms with van der Waals surface area (Å²) in [6.07, 6.45) is 3.08. The van der Waals surface area contributed by atoms with Gasteiger partial charge in [-0.1, -0.05) is 30.4 Å². The molecule has 1 saturated heterocycles. The first kappa shape index (κ1) is 20.5. The van der Waals surface area contributed by atoms with E-state index in [0.717, 1.165) is 47.7 Å². The molecule has 3 aromatic rings. The predicted molar refractivity (Wildman–Crippen MR) is 116 cm³/mol. The molecule has 2 amide bonds. The first-order valence-electron chi connectivity index (χ1n) is 10.4. The van der Waals surface area contributed by atoms with Gasteiger partial charge in [0.15, 0.2) is 0 Å².